The lowest BCUT2D eigenvalue weighted by molar-refractivity contribution is 0.0601. The molecule has 0 aliphatic heterocycles. The Hall–Kier alpha value is -2.61. The topological polar surface area (TPSA) is 26.3 Å². The van der Waals surface area contributed by atoms with Crippen molar-refractivity contribution in [3.63, 3.8) is 0 Å². The summed E-state index contributed by atoms with van der Waals surface area (Å²) in [5.74, 6) is -0.312. The molecule has 0 aliphatic rings. The van der Waals surface area contributed by atoms with Gasteiger partial charge in [0.1, 0.15) is 0 Å². The fourth-order valence-electron chi connectivity index (χ4n) is 2.31. The van der Waals surface area contributed by atoms with E-state index >= 15 is 0 Å². The normalized spacial score (nSPS) is 10.4. The zero-order valence-electron chi connectivity index (χ0n) is 11.2. The third kappa shape index (κ3) is 2.28. The summed E-state index contributed by atoms with van der Waals surface area (Å²) < 4.78 is 4.76. The van der Waals surface area contributed by atoms with E-state index in [1.54, 1.807) is 6.07 Å². The summed E-state index contributed by atoms with van der Waals surface area (Å²) in [5, 5.41) is 2.40. The Morgan fingerprint density at radius 1 is 0.800 bits per heavy atom. The Labute approximate surface area is 117 Å². The van der Waals surface area contributed by atoms with Gasteiger partial charge in [0.2, 0.25) is 0 Å². The third-order valence-electron chi connectivity index (χ3n) is 3.37. The number of fused-ring (bicyclic) bond motifs is 1. The summed E-state index contributed by atoms with van der Waals surface area (Å²) in [5.41, 5.74) is 2.67. The Bertz CT molecular complexity index is 775. The van der Waals surface area contributed by atoms with E-state index in [4.69, 9.17) is 4.74 Å². The zero-order valence-corrected chi connectivity index (χ0v) is 11.2. The highest BCUT2D eigenvalue weighted by molar-refractivity contribution is 5.92. The molecule has 3 rings (SSSR count). The lowest BCUT2D eigenvalue weighted by atomic mass is 10.00. The number of hydrogen-bond donors (Lipinski definition) is 0. The molecule has 0 bridgehead atoms. The molecule has 0 atom stereocenters. The smallest absolute Gasteiger partial charge is 0.337 e. The van der Waals surface area contributed by atoms with Crippen molar-refractivity contribution in [2.24, 2.45) is 0 Å². The minimum absolute atomic E-state index is 0.312. The molecule has 2 nitrogen and oxygen atoms in total. The molecular formula is C18H14O2. The quantitative estimate of drug-likeness (QED) is 0.644. The molecule has 0 fully saturated rings. The highest BCUT2D eigenvalue weighted by atomic mass is 16.5. The van der Waals surface area contributed by atoms with Gasteiger partial charge in [0.15, 0.2) is 0 Å². The van der Waals surface area contributed by atoms with Crippen molar-refractivity contribution in [2.45, 2.75) is 0 Å². The Morgan fingerprint density at radius 2 is 1.55 bits per heavy atom. The average Bonchev–Trinajstić information content (AvgIpc) is 2.53. The average molecular weight is 262 g/mol. The summed E-state index contributed by atoms with van der Waals surface area (Å²) in [6, 6.07) is 22.0. The van der Waals surface area contributed by atoms with Gasteiger partial charge in [-0.05, 0) is 40.1 Å². The second-order valence-electron chi connectivity index (χ2n) is 4.63. The second-order valence-corrected chi connectivity index (χ2v) is 4.63. The first kappa shape index (κ1) is 12.4. The van der Waals surface area contributed by atoms with Crippen molar-refractivity contribution in [1.29, 1.82) is 0 Å². The third-order valence-corrected chi connectivity index (χ3v) is 3.37. The molecule has 0 spiro atoms. The van der Waals surface area contributed by atoms with Gasteiger partial charge < -0.3 is 4.74 Å². The van der Waals surface area contributed by atoms with Crippen molar-refractivity contribution in [3.8, 4) is 11.1 Å². The molecular weight excluding hydrogens is 248 g/mol. The number of esters is 1. The van der Waals surface area contributed by atoms with Crippen molar-refractivity contribution in [2.75, 3.05) is 7.11 Å². The van der Waals surface area contributed by atoms with E-state index in [2.05, 4.69) is 30.3 Å². The SMILES string of the molecule is COC(=O)c1cccc(-c2ccc3ccccc3c2)c1. The van der Waals surface area contributed by atoms with Crippen LogP contribution < -0.4 is 0 Å². The van der Waals surface area contributed by atoms with Crippen LogP contribution in [-0.4, -0.2) is 13.1 Å². The first-order valence-electron chi connectivity index (χ1n) is 6.45. The molecule has 0 aromatic heterocycles. The van der Waals surface area contributed by atoms with E-state index in [0.717, 1.165) is 11.1 Å². The lowest BCUT2D eigenvalue weighted by Crippen LogP contribution is -2.00. The summed E-state index contributed by atoms with van der Waals surface area (Å²) in [6.07, 6.45) is 0. The van der Waals surface area contributed by atoms with Gasteiger partial charge >= 0.3 is 5.97 Å². The van der Waals surface area contributed by atoms with Crippen LogP contribution in [0.3, 0.4) is 0 Å². The molecule has 0 aliphatic carbocycles. The lowest BCUT2D eigenvalue weighted by Gasteiger charge is -2.06. The Morgan fingerprint density at radius 3 is 2.35 bits per heavy atom. The van der Waals surface area contributed by atoms with Gasteiger partial charge in [0.05, 0.1) is 12.7 Å². The van der Waals surface area contributed by atoms with Gasteiger partial charge in [-0.2, -0.15) is 0 Å². The van der Waals surface area contributed by atoms with Gasteiger partial charge in [-0.1, -0.05) is 48.5 Å². The van der Waals surface area contributed by atoms with E-state index in [-0.39, 0.29) is 5.97 Å². The predicted octanol–water partition coefficient (Wildman–Crippen LogP) is 4.29. The fraction of sp³-hybridized carbons (Fsp3) is 0.0556. The van der Waals surface area contributed by atoms with Crippen LogP contribution in [0.4, 0.5) is 0 Å². The van der Waals surface area contributed by atoms with Gasteiger partial charge in [-0.15, -0.1) is 0 Å². The van der Waals surface area contributed by atoms with Gasteiger partial charge in [0.25, 0.3) is 0 Å². The monoisotopic (exact) mass is 262 g/mol. The molecule has 3 aromatic rings. The number of ether oxygens (including phenoxy) is 1. The summed E-state index contributed by atoms with van der Waals surface area (Å²) in [4.78, 5) is 11.6. The summed E-state index contributed by atoms with van der Waals surface area (Å²) in [6.45, 7) is 0. The van der Waals surface area contributed by atoms with E-state index in [0.29, 0.717) is 5.56 Å². The highest BCUT2D eigenvalue weighted by Crippen LogP contribution is 2.25. The maximum absolute atomic E-state index is 11.6. The van der Waals surface area contributed by atoms with Crippen molar-refractivity contribution in [1.82, 2.24) is 0 Å². The van der Waals surface area contributed by atoms with Gasteiger partial charge in [-0.3, -0.25) is 0 Å². The molecule has 0 saturated heterocycles. The molecule has 3 aromatic carbocycles. The first-order chi connectivity index (χ1) is 9.78. The second kappa shape index (κ2) is 5.17. The fourth-order valence-corrected chi connectivity index (χ4v) is 2.31. The number of benzene rings is 3. The van der Waals surface area contributed by atoms with Crippen molar-refractivity contribution in [3.05, 3.63) is 72.3 Å². The number of hydrogen-bond acceptors (Lipinski definition) is 2. The van der Waals surface area contributed by atoms with Crippen LogP contribution in [0.25, 0.3) is 21.9 Å². The first-order valence-corrected chi connectivity index (χ1v) is 6.45. The van der Waals surface area contributed by atoms with Crippen LogP contribution in [0.5, 0.6) is 0 Å². The van der Waals surface area contributed by atoms with Crippen molar-refractivity contribution < 1.29 is 9.53 Å². The Kier molecular flexibility index (Phi) is 3.21. The molecule has 0 N–H and O–H groups in total. The molecule has 0 radical (unpaired) electrons. The van der Waals surface area contributed by atoms with Crippen LogP contribution in [0, 0.1) is 0 Å². The van der Waals surface area contributed by atoms with Gasteiger partial charge in [-0.25, -0.2) is 4.79 Å². The predicted molar refractivity (Wildman–Crippen MR) is 80.7 cm³/mol. The van der Waals surface area contributed by atoms with Crippen LogP contribution in [0.15, 0.2) is 66.7 Å². The maximum Gasteiger partial charge on any atom is 0.337 e. The minimum atomic E-state index is -0.312. The Balaban J connectivity index is 2.08. The molecule has 20 heavy (non-hydrogen) atoms. The van der Waals surface area contributed by atoms with E-state index in [1.165, 1.54) is 17.9 Å². The molecule has 0 amide bonds. The number of carbonyl (C=O) groups excluding carboxylic acids is 1. The largest absolute Gasteiger partial charge is 0.465 e. The summed E-state index contributed by atoms with van der Waals surface area (Å²) >= 11 is 0. The van der Waals surface area contributed by atoms with E-state index in [9.17, 15) is 4.79 Å². The van der Waals surface area contributed by atoms with Crippen LogP contribution in [0.1, 0.15) is 10.4 Å². The molecule has 0 heterocycles. The van der Waals surface area contributed by atoms with Crippen molar-refractivity contribution >= 4 is 16.7 Å². The van der Waals surface area contributed by atoms with Crippen LogP contribution >= 0.6 is 0 Å². The zero-order chi connectivity index (χ0) is 13.9. The molecule has 0 unspecified atom stereocenters. The number of methoxy groups -OCH3 is 1. The molecule has 98 valence electrons. The standard InChI is InChI=1S/C18H14O2/c1-20-18(19)17-8-4-7-15(12-17)16-10-9-13-5-2-3-6-14(13)11-16/h2-12H,1H3. The van der Waals surface area contributed by atoms with Crippen LogP contribution in [-0.2, 0) is 4.74 Å². The molecule has 2 heteroatoms. The number of carbonyl (C=O) groups is 1. The van der Waals surface area contributed by atoms with E-state index < -0.39 is 0 Å². The number of rotatable bonds is 2. The molecule has 0 saturated carbocycles. The highest BCUT2D eigenvalue weighted by Gasteiger charge is 2.07. The van der Waals surface area contributed by atoms with E-state index in [1.807, 2.05) is 30.3 Å². The van der Waals surface area contributed by atoms with Gasteiger partial charge in [0, 0.05) is 0 Å². The van der Waals surface area contributed by atoms with Crippen LogP contribution in [0.2, 0.25) is 0 Å². The maximum atomic E-state index is 11.6. The minimum Gasteiger partial charge on any atom is -0.465 e. The summed E-state index contributed by atoms with van der Waals surface area (Å²) in [7, 11) is 1.39.